The van der Waals surface area contributed by atoms with Crippen molar-refractivity contribution in [1.29, 1.82) is 0 Å². The first-order valence-electron chi connectivity index (χ1n) is 6.83. The molecule has 0 fully saturated rings. The number of carbonyl (C=O) groups excluding carboxylic acids is 2. The first-order valence-corrected chi connectivity index (χ1v) is 6.83. The van der Waals surface area contributed by atoms with Gasteiger partial charge in [-0.15, -0.1) is 0 Å². The first-order chi connectivity index (χ1) is 9.47. The van der Waals surface area contributed by atoms with Gasteiger partial charge in [0.25, 0.3) is 0 Å². The number of hydrogen-bond donors (Lipinski definition) is 3. The zero-order chi connectivity index (χ0) is 15.1. The summed E-state index contributed by atoms with van der Waals surface area (Å²) in [6.45, 7) is 5.84. The summed E-state index contributed by atoms with van der Waals surface area (Å²) in [5.41, 5.74) is 2.34. The number of aryl methyl sites for hydroxylation is 1. The van der Waals surface area contributed by atoms with E-state index in [1.165, 1.54) is 12.6 Å². The van der Waals surface area contributed by atoms with E-state index in [4.69, 9.17) is 0 Å². The van der Waals surface area contributed by atoms with Crippen LogP contribution in [0, 0.1) is 6.92 Å². The van der Waals surface area contributed by atoms with E-state index in [9.17, 15) is 9.59 Å². The van der Waals surface area contributed by atoms with Gasteiger partial charge in [-0.3, -0.25) is 15.4 Å². The molecule has 0 saturated heterocycles. The molecule has 1 aromatic rings. The monoisotopic (exact) mass is 277 g/mol. The lowest BCUT2D eigenvalue weighted by atomic mass is 10.0. The molecule has 0 aliphatic heterocycles. The molecule has 2 atom stereocenters. The molecule has 0 saturated carbocycles. The average Bonchev–Trinajstić information content (AvgIpc) is 2.45. The molecule has 3 amide bonds. The Balaban J connectivity index is 2.66. The SMILES string of the molecule is CC[C@@H](N[C@@H](C)C(=O)NC(=O)NC)c1ccc(C)cc1. The number of carbonyl (C=O) groups is 2. The van der Waals surface area contributed by atoms with Gasteiger partial charge in [0.15, 0.2) is 0 Å². The highest BCUT2D eigenvalue weighted by atomic mass is 16.2. The van der Waals surface area contributed by atoms with E-state index >= 15 is 0 Å². The van der Waals surface area contributed by atoms with Gasteiger partial charge in [-0.25, -0.2) is 4.79 Å². The summed E-state index contributed by atoms with van der Waals surface area (Å²) in [6, 6.07) is 7.36. The van der Waals surface area contributed by atoms with Crippen LogP contribution in [-0.2, 0) is 4.79 Å². The number of nitrogens with one attached hydrogen (secondary N) is 3. The Morgan fingerprint density at radius 2 is 1.80 bits per heavy atom. The Morgan fingerprint density at radius 1 is 1.20 bits per heavy atom. The maximum absolute atomic E-state index is 11.8. The van der Waals surface area contributed by atoms with Gasteiger partial charge in [-0.05, 0) is 25.8 Å². The van der Waals surface area contributed by atoms with Crippen LogP contribution in [0.2, 0.25) is 0 Å². The number of hydrogen-bond acceptors (Lipinski definition) is 3. The van der Waals surface area contributed by atoms with Gasteiger partial charge in [-0.1, -0.05) is 36.8 Å². The molecule has 0 bridgehead atoms. The molecule has 1 rings (SSSR count). The molecular weight excluding hydrogens is 254 g/mol. The lowest BCUT2D eigenvalue weighted by Gasteiger charge is -2.22. The van der Waals surface area contributed by atoms with Crippen LogP contribution >= 0.6 is 0 Å². The van der Waals surface area contributed by atoms with E-state index in [-0.39, 0.29) is 11.9 Å². The van der Waals surface area contributed by atoms with E-state index in [1.807, 2.05) is 6.92 Å². The zero-order valence-corrected chi connectivity index (χ0v) is 12.5. The molecule has 0 spiro atoms. The quantitative estimate of drug-likeness (QED) is 0.769. The fourth-order valence-corrected chi connectivity index (χ4v) is 1.91. The molecule has 0 radical (unpaired) electrons. The molecule has 1 aromatic carbocycles. The van der Waals surface area contributed by atoms with Crippen LogP contribution in [0.15, 0.2) is 24.3 Å². The van der Waals surface area contributed by atoms with Crippen molar-refractivity contribution in [1.82, 2.24) is 16.0 Å². The molecule has 0 unspecified atom stereocenters. The number of imide groups is 1. The van der Waals surface area contributed by atoms with Crippen molar-refractivity contribution in [3.63, 3.8) is 0 Å². The highest BCUT2D eigenvalue weighted by molar-refractivity contribution is 5.96. The largest absolute Gasteiger partial charge is 0.341 e. The number of rotatable bonds is 5. The van der Waals surface area contributed by atoms with Gasteiger partial charge in [0.2, 0.25) is 5.91 Å². The summed E-state index contributed by atoms with van der Waals surface area (Å²) >= 11 is 0. The molecule has 0 aliphatic carbocycles. The number of benzene rings is 1. The smallest absolute Gasteiger partial charge is 0.321 e. The highest BCUT2D eigenvalue weighted by Gasteiger charge is 2.19. The van der Waals surface area contributed by atoms with Crippen LogP contribution in [0.1, 0.15) is 37.4 Å². The summed E-state index contributed by atoms with van der Waals surface area (Å²) in [4.78, 5) is 22.9. The van der Waals surface area contributed by atoms with Crippen molar-refractivity contribution < 1.29 is 9.59 Å². The molecule has 0 heterocycles. The van der Waals surface area contributed by atoms with E-state index in [2.05, 4.69) is 47.1 Å². The lowest BCUT2D eigenvalue weighted by molar-refractivity contribution is -0.121. The molecule has 5 nitrogen and oxygen atoms in total. The molecule has 3 N–H and O–H groups in total. The second-order valence-electron chi connectivity index (χ2n) is 4.83. The Bertz CT molecular complexity index is 457. The standard InChI is InChI=1S/C15H23N3O2/c1-5-13(12-8-6-10(2)7-9-12)17-11(3)14(19)18-15(20)16-4/h6-9,11,13,17H,5H2,1-4H3,(H2,16,18,19,20)/t11-,13+/m0/s1. The minimum absolute atomic E-state index is 0.0843. The summed E-state index contributed by atoms with van der Waals surface area (Å²) in [6.07, 6.45) is 0.862. The van der Waals surface area contributed by atoms with E-state index in [0.717, 1.165) is 12.0 Å². The Morgan fingerprint density at radius 3 is 2.30 bits per heavy atom. The zero-order valence-electron chi connectivity index (χ0n) is 12.5. The second kappa shape index (κ2) is 7.65. The van der Waals surface area contributed by atoms with Gasteiger partial charge >= 0.3 is 6.03 Å². The minimum Gasteiger partial charge on any atom is -0.341 e. The second-order valence-corrected chi connectivity index (χ2v) is 4.83. The third-order valence-electron chi connectivity index (χ3n) is 3.20. The summed E-state index contributed by atoms with van der Waals surface area (Å²) in [5.74, 6) is -0.338. The molecule has 110 valence electrons. The molecule has 20 heavy (non-hydrogen) atoms. The first kappa shape index (κ1) is 16.2. The highest BCUT2D eigenvalue weighted by Crippen LogP contribution is 2.17. The van der Waals surface area contributed by atoms with Crippen LogP contribution in [0.5, 0.6) is 0 Å². The van der Waals surface area contributed by atoms with Crippen LogP contribution < -0.4 is 16.0 Å². The molecule has 5 heteroatoms. The predicted octanol–water partition coefficient (Wildman–Crippen LogP) is 1.88. The van der Waals surface area contributed by atoms with Crippen molar-refractivity contribution in [2.24, 2.45) is 0 Å². The van der Waals surface area contributed by atoms with Crippen molar-refractivity contribution >= 4 is 11.9 Å². The fourth-order valence-electron chi connectivity index (χ4n) is 1.91. The van der Waals surface area contributed by atoms with Gasteiger partial charge in [0.05, 0.1) is 6.04 Å². The Labute approximate surface area is 120 Å². The maximum Gasteiger partial charge on any atom is 0.321 e. The van der Waals surface area contributed by atoms with Crippen molar-refractivity contribution in [3.8, 4) is 0 Å². The average molecular weight is 277 g/mol. The van der Waals surface area contributed by atoms with Crippen LogP contribution in [0.25, 0.3) is 0 Å². The van der Waals surface area contributed by atoms with E-state index in [1.54, 1.807) is 6.92 Å². The molecule has 0 aliphatic rings. The third kappa shape index (κ3) is 4.66. The van der Waals surface area contributed by atoms with E-state index < -0.39 is 12.1 Å². The Hall–Kier alpha value is -1.88. The third-order valence-corrected chi connectivity index (χ3v) is 3.20. The normalized spacial score (nSPS) is 13.4. The Kier molecular flexibility index (Phi) is 6.18. The lowest BCUT2D eigenvalue weighted by Crippen LogP contribution is -2.48. The van der Waals surface area contributed by atoms with E-state index in [0.29, 0.717) is 0 Å². The molecular formula is C15H23N3O2. The van der Waals surface area contributed by atoms with Crippen molar-refractivity contribution in [2.45, 2.75) is 39.3 Å². The summed E-state index contributed by atoms with van der Waals surface area (Å²) < 4.78 is 0. The van der Waals surface area contributed by atoms with Crippen molar-refractivity contribution in [3.05, 3.63) is 35.4 Å². The topological polar surface area (TPSA) is 70.2 Å². The van der Waals surface area contributed by atoms with Gasteiger partial charge in [0, 0.05) is 13.1 Å². The van der Waals surface area contributed by atoms with Crippen LogP contribution in [-0.4, -0.2) is 25.0 Å². The van der Waals surface area contributed by atoms with Gasteiger partial charge in [-0.2, -0.15) is 0 Å². The maximum atomic E-state index is 11.8. The van der Waals surface area contributed by atoms with Gasteiger partial charge < -0.3 is 5.32 Å². The van der Waals surface area contributed by atoms with Crippen LogP contribution in [0.4, 0.5) is 4.79 Å². The number of amides is 3. The summed E-state index contributed by atoms with van der Waals surface area (Å²) in [7, 11) is 1.47. The fraction of sp³-hybridized carbons (Fsp3) is 0.467. The summed E-state index contributed by atoms with van der Waals surface area (Å²) in [5, 5.41) is 7.86. The predicted molar refractivity (Wildman–Crippen MR) is 79.4 cm³/mol. The van der Waals surface area contributed by atoms with Crippen LogP contribution in [0.3, 0.4) is 0 Å². The number of urea groups is 1. The molecule has 0 aromatic heterocycles. The minimum atomic E-state index is -0.493. The van der Waals surface area contributed by atoms with Crippen molar-refractivity contribution in [2.75, 3.05) is 7.05 Å². The van der Waals surface area contributed by atoms with Gasteiger partial charge in [0.1, 0.15) is 0 Å².